The summed E-state index contributed by atoms with van der Waals surface area (Å²) >= 11 is 0. The molecule has 3 rings (SSSR count). The van der Waals surface area contributed by atoms with Crippen molar-refractivity contribution in [1.29, 1.82) is 0 Å². The van der Waals surface area contributed by atoms with Gasteiger partial charge >= 0.3 is 0 Å². The summed E-state index contributed by atoms with van der Waals surface area (Å²) in [5.41, 5.74) is 2.30. The molecule has 2 aromatic carbocycles. The smallest absolute Gasteiger partial charge is 0.119 e. The minimum absolute atomic E-state index is 0.0816. The van der Waals surface area contributed by atoms with E-state index in [0.717, 1.165) is 43.2 Å². The minimum Gasteiger partial charge on any atom is -0.491 e. The Morgan fingerprint density at radius 3 is 2.48 bits per heavy atom. The van der Waals surface area contributed by atoms with Crippen molar-refractivity contribution in [2.45, 2.75) is 38.9 Å². The average molecular weight is 341 g/mol. The van der Waals surface area contributed by atoms with E-state index in [1.807, 2.05) is 36.4 Å². The highest BCUT2D eigenvalue weighted by atomic mass is 16.5. The molecular weight excluding hydrogens is 314 g/mol. The summed E-state index contributed by atoms with van der Waals surface area (Å²) in [6.07, 6.45) is 2.56. The molecule has 2 aromatic rings. The second-order valence-corrected chi connectivity index (χ2v) is 6.59. The lowest BCUT2D eigenvalue weighted by atomic mass is 10.2. The van der Waals surface area contributed by atoms with Crippen LogP contribution >= 0.6 is 0 Å². The molecule has 4 nitrogen and oxygen atoms in total. The van der Waals surface area contributed by atoms with Crippen LogP contribution in [0.15, 0.2) is 48.5 Å². The van der Waals surface area contributed by atoms with Crippen LogP contribution in [0, 0.1) is 6.92 Å². The number of anilines is 1. The van der Waals surface area contributed by atoms with E-state index in [-0.39, 0.29) is 12.2 Å². The van der Waals surface area contributed by atoms with E-state index in [9.17, 15) is 0 Å². The minimum atomic E-state index is 0.0816. The van der Waals surface area contributed by atoms with Crippen LogP contribution in [0.5, 0.6) is 11.5 Å². The van der Waals surface area contributed by atoms with E-state index >= 15 is 0 Å². The van der Waals surface area contributed by atoms with Gasteiger partial charge in [-0.3, -0.25) is 0 Å². The van der Waals surface area contributed by atoms with E-state index in [0.29, 0.717) is 6.61 Å². The van der Waals surface area contributed by atoms with Crippen LogP contribution in [0.4, 0.5) is 5.69 Å². The van der Waals surface area contributed by atoms with E-state index < -0.39 is 0 Å². The number of benzene rings is 2. The first-order valence-electron chi connectivity index (χ1n) is 9.01. The van der Waals surface area contributed by atoms with Gasteiger partial charge in [0, 0.05) is 12.3 Å². The second kappa shape index (κ2) is 8.77. The van der Waals surface area contributed by atoms with E-state index in [1.165, 1.54) is 5.56 Å². The Morgan fingerprint density at radius 2 is 1.80 bits per heavy atom. The molecule has 25 heavy (non-hydrogen) atoms. The van der Waals surface area contributed by atoms with Crippen molar-refractivity contribution in [3.63, 3.8) is 0 Å². The molecular formula is C21H27NO3. The third-order valence-corrected chi connectivity index (χ3v) is 4.27. The Labute approximate surface area is 150 Å². The summed E-state index contributed by atoms with van der Waals surface area (Å²) < 4.78 is 17.3. The predicted octanol–water partition coefficient (Wildman–Crippen LogP) is 4.43. The van der Waals surface area contributed by atoms with Crippen LogP contribution in [-0.2, 0) is 4.74 Å². The van der Waals surface area contributed by atoms with Gasteiger partial charge in [-0.15, -0.1) is 0 Å². The lowest BCUT2D eigenvalue weighted by Crippen LogP contribution is -2.22. The van der Waals surface area contributed by atoms with Crippen LogP contribution in [-0.4, -0.2) is 32.0 Å². The number of rotatable bonds is 8. The first-order chi connectivity index (χ1) is 12.2. The Bertz CT molecular complexity index is 633. The molecule has 0 bridgehead atoms. The van der Waals surface area contributed by atoms with Gasteiger partial charge in [0.1, 0.15) is 24.2 Å². The molecule has 1 N–H and O–H groups in total. The van der Waals surface area contributed by atoms with Crippen molar-refractivity contribution in [3.8, 4) is 11.5 Å². The van der Waals surface area contributed by atoms with Gasteiger partial charge in [-0.1, -0.05) is 17.7 Å². The standard InChI is InChI=1S/C21H27NO3/c1-16-5-9-20(10-6-16)25-17(2)14-22-18-7-11-19(12-8-18)24-15-21-4-3-13-23-21/h5-12,17,21-22H,3-4,13-15H2,1-2H3/t17-,21-/m1/s1. The summed E-state index contributed by atoms with van der Waals surface area (Å²) in [4.78, 5) is 0. The van der Waals surface area contributed by atoms with Crippen LogP contribution in [0.3, 0.4) is 0 Å². The first-order valence-corrected chi connectivity index (χ1v) is 9.01. The first kappa shape index (κ1) is 17.6. The number of nitrogens with one attached hydrogen (secondary N) is 1. The van der Waals surface area contributed by atoms with Gasteiger partial charge in [0.15, 0.2) is 0 Å². The van der Waals surface area contributed by atoms with E-state index in [1.54, 1.807) is 0 Å². The van der Waals surface area contributed by atoms with Crippen molar-refractivity contribution in [1.82, 2.24) is 0 Å². The molecule has 0 aliphatic carbocycles. The average Bonchev–Trinajstić information content (AvgIpc) is 3.15. The fraction of sp³-hybridized carbons (Fsp3) is 0.429. The van der Waals surface area contributed by atoms with Gasteiger partial charge in [0.05, 0.1) is 12.6 Å². The fourth-order valence-corrected chi connectivity index (χ4v) is 2.79. The largest absolute Gasteiger partial charge is 0.491 e. The molecule has 0 spiro atoms. The Kier molecular flexibility index (Phi) is 6.18. The number of hydrogen-bond acceptors (Lipinski definition) is 4. The molecule has 0 amide bonds. The lowest BCUT2D eigenvalue weighted by Gasteiger charge is -2.17. The monoisotopic (exact) mass is 341 g/mol. The fourth-order valence-electron chi connectivity index (χ4n) is 2.79. The highest BCUT2D eigenvalue weighted by Gasteiger charge is 2.15. The van der Waals surface area contributed by atoms with Gasteiger partial charge in [0.25, 0.3) is 0 Å². The van der Waals surface area contributed by atoms with E-state index in [2.05, 4.69) is 31.3 Å². The van der Waals surface area contributed by atoms with Crippen molar-refractivity contribution in [2.24, 2.45) is 0 Å². The van der Waals surface area contributed by atoms with Gasteiger partial charge in [0.2, 0.25) is 0 Å². The predicted molar refractivity (Wildman–Crippen MR) is 101 cm³/mol. The maximum Gasteiger partial charge on any atom is 0.119 e. The summed E-state index contributed by atoms with van der Waals surface area (Å²) in [7, 11) is 0. The number of aryl methyl sites for hydroxylation is 1. The zero-order valence-corrected chi connectivity index (χ0v) is 15.0. The molecule has 0 radical (unpaired) electrons. The molecule has 1 heterocycles. The molecule has 0 unspecified atom stereocenters. The zero-order chi connectivity index (χ0) is 17.5. The second-order valence-electron chi connectivity index (χ2n) is 6.59. The molecule has 0 aromatic heterocycles. The third-order valence-electron chi connectivity index (χ3n) is 4.27. The summed E-state index contributed by atoms with van der Waals surface area (Å²) in [5.74, 6) is 1.78. The highest BCUT2D eigenvalue weighted by molar-refractivity contribution is 5.46. The summed E-state index contributed by atoms with van der Waals surface area (Å²) in [6.45, 7) is 6.37. The van der Waals surface area contributed by atoms with Crippen molar-refractivity contribution >= 4 is 5.69 Å². The zero-order valence-electron chi connectivity index (χ0n) is 15.0. The lowest BCUT2D eigenvalue weighted by molar-refractivity contribution is 0.0679. The maximum atomic E-state index is 5.91. The van der Waals surface area contributed by atoms with E-state index in [4.69, 9.17) is 14.2 Å². The Morgan fingerprint density at radius 1 is 1.08 bits per heavy atom. The number of hydrogen-bond donors (Lipinski definition) is 1. The van der Waals surface area contributed by atoms with Gasteiger partial charge in [-0.05, 0) is 63.1 Å². The highest BCUT2D eigenvalue weighted by Crippen LogP contribution is 2.19. The molecule has 2 atom stereocenters. The molecule has 1 aliphatic heterocycles. The molecule has 4 heteroatoms. The Hall–Kier alpha value is -2.20. The normalized spacial score (nSPS) is 17.9. The van der Waals surface area contributed by atoms with Crippen LogP contribution in [0.2, 0.25) is 0 Å². The van der Waals surface area contributed by atoms with Crippen molar-refractivity contribution in [2.75, 3.05) is 25.1 Å². The molecule has 1 aliphatic rings. The maximum absolute atomic E-state index is 5.91. The van der Waals surface area contributed by atoms with Gasteiger partial charge in [-0.25, -0.2) is 0 Å². The molecule has 1 saturated heterocycles. The van der Waals surface area contributed by atoms with Gasteiger partial charge in [-0.2, -0.15) is 0 Å². The van der Waals surface area contributed by atoms with Crippen molar-refractivity contribution in [3.05, 3.63) is 54.1 Å². The Balaban J connectivity index is 1.40. The topological polar surface area (TPSA) is 39.7 Å². The summed E-state index contributed by atoms with van der Waals surface area (Å²) in [6, 6.07) is 16.2. The van der Waals surface area contributed by atoms with Crippen LogP contribution < -0.4 is 14.8 Å². The number of ether oxygens (including phenoxy) is 3. The summed E-state index contributed by atoms with van der Waals surface area (Å²) in [5, 5.41) is 3.40. The SMILES string of the molecule is Cc1ccc(O[C@H](C)CNc2ccc(OC[C@H]3CCCO3)cc2)cc1. The van der Waals surface area contributed by atoms with Crippen LogP contribution in [0.1, 0.15) is 25.3 Å². The van der Waals surface area contributed by atoms with Crippen molar-refractivity contribution < 1.29 is 14.2 Å². The quantitative estimate of drug-likeness (QED) is 0.771. The van der Waals surface area contributed by atoms with Crippen LogP contribution in [0.25, 0.3) is 0 Å². The third kappa shape index (κ3) is 5.68. The molecule has 0 saturated carbocycles. The molecule has 1 fully saturated rings. The molecule has 134 valence electrons. The van der Waals surface area contributed by atoms with Gasteiger partial charge < -0.3 is 19.5 Å².